The topological polar surface area (TPSA) is 55.2 Å². The average Bonchev–Trinajstić information content (AvgIpc) is 3.56. The van der Waals surface area contributed by atoms with E-state index in [0.29, 0.717) is 16.5 Å². The lowest BCUT2D eigenvalue weighted by atomic mass is 10.1. The van der Waals surface area contributed by atoms with Crippen LogP contribution >= 0.6 is 22.9 Å². The highest BCUT2D eigenvalue weighted by atomic mass is 35.5. The van der Waals surface area contributed by atoms with Crippen LogP contribution in [0.4, 0.5) is 0 Å². The fraction of sp³-hybridized carbons (Fsp3) is 0.167. The zero-order valence-corrected chi connectivity index (χ0v) is 23.8. The van der Waals surface area contributed by atoms with E-state index in [9.17, 15) is 8.42 Å². The molecule has 2 heterocycles. The Morgan fingerprint density at radius 3 is 2.37 bits per heavy atom. The molecule has 38 heavy (non-hydrogen) atoms. The first-order valence-corrected chi connectivity index (χ1v) is 15.3. The van der Waals surface area contributed by atoms with E-state index >= 15 is 0 Å². The molecule has 3 aromatic carbocycles. The minimum atomic E-state index is -3.29. The van der Waals surface area contributed by atoms with Crippen LogP contribution in [0.2, 0.25) is 5.02 Å². The molecule has 0 aliphatic heterocycles. The molecule has 0 bridgehead atoms. The van der Waals surface area contributed by atoms with Crippen LogP contribution in [0, 0.1) is 0 Å². The summed E-state index contributed by atoms with van der Waals surface area (Å²) in [6.07, 6.45) is 1.23. The van der Waals surface area contributed by atoms with Crippen molar-refractivity contribution in [1.29, 1.82) is 0 Å². The highest BCUT2D eigenvalue weighted by molar-refractivity contribution is 7.90. The lowest BCUT2D eigenvalue weighted by Gasteiger charge is -2.24. The van der Waals surface area contributed by atoms with Crippen LogP contribution in [0.15, 0.2) is 102 Å². The molecule has 194 valence electrons. The van der Waals surface area contributed by atoms with E-state index in [4.69, 9.17) is 16.7 Å². The van der Waals surface area contributed by atoms with Gasteiger partial charge < -0.3 is 0 Å². The zero-order chi connectivity index (χ0) is 26.9. The maximum absolute atomic E-state index is 12.1. The Labute approximate surface area is 232 Å². The summed E-state index contributed by atoms with van der Waals surface area (Å²) in [7, 11) is -1.19. The van der Waals surface area contributed by atoms with Gasteiger partial charge in [-0.2, -0.15) is 5.10 Å². The number of aromatic nitrogens is 2. The molecule has 1 atom stereocenters. The van der Waals surface area contributed by atoms with Crippen molar-refractivity contribution in [2.45, 2.75) is 24.4 Å². The van der Waals surface area contributed by atoms with Crippen LogP contribution in [0.5, 0.6) is 0 Å². The fourth-order valence-corrected chi connectivity index (χ4v) is 6.27. The molecule has 0 aliphatic rings. The summed E-state index contributed by atoms with van der Waals surface area (Å²) in [5, 5.41) is 5.60. The number of thiophene rings is 1. The molecule has 0 fully saturated rings. The summed E-state index contributed by atoms with van der Waals surface area (Å²) in [6, 6.07) is 31.6. The van der Waals surface area contributed by atoms with Crippen LogP contribution in [0.1, 0.15) is 24.2 Å². The summed E-state index contributed by atoms with van der Waals surface area (Å²) >= 11 is 8.20. The van der Waals surface area contributed by atoms with Gasteiger partial charge in [0.15, 0.2) is 9.84 Å². The third kappa shape index (κ3) is 5.61. The highest BCUT2D eigenvalue weighted by Gasteiger charge is 2.19. The van der Waals surface area contributed by atoms with Crippen LogP contribution in [-0.4, -0.2) is 36.4 Å². The molecule has 8 heteroatoms. The van der Waals surface area contributed by atoms with Crippen LogP contribution in [-0.2, 0) is 16.4 Å². The van der Waals surface area contributed by atoms with Gasteiger partial charge in [-0.3, -0.25) is 4.90 Å². The average molecular weight is 562 g/mol. The number of halogens is 1. The normalized spacial score (nSPS) is 12.7. The number of sulfone groups is 1. The zero-order valence-electron chi connectivity index (χ0n) is 21.4. The first kappa shape index (κ1) is 26.4. The van der Waals surface area contributed by atoms with E-state index in [2.05, 4.69) is 55.3 Å². The Balaban J connectivity index is 1.52. The monoisotopic (exact) mass is 561 g/mol. The Hall–Kier alpha value is -3.23. The lowest BCUT2D eigenvalue weighted by Crippen LogP contribution is -2.22. The lowest BCUT2D eigenvalue weighted by molar-refractivity contribution is 0.250. The van der Waals surface area contributed by atoms with Gasteiger partial charge >= 0.3 is 0 Å². The first-order chi connectivity index (χ1) is 18.2. The summed E-state index contributed by atoms with van der Waals surface area (Å²) in [6.45, 7) is 2.85. The van der Waals surface area contributed by atoms with E-state index in [1.165, 1.54) is 11.8 Å². The van der Waals surface area contributed by atoms with Gasteiger partial charge in [-0.25, -0.2) is 13.1 Å². The van der Waals surface area contributed by atoms with Gasteiger partial charge in [0.25, 0.3) is 0 Å². The molecule has 0 spiro atoms. The Bertz CT molecular complexity index is 1680. The van der Waals surface area contributed by atoms with Gasteiger partial charge in [0.05, 0.1) is 31.9 Å². The molecule has 0 unspecified atom stereocenters. The standard InChI is InChI=1S/C30H28ClN3O2S2/c1-21(22-10-5-4-6-11-22)33(2)20-24-19-28(34(32-24)27-15-8-7-14-26(27)31)30-17-16-29(37-30)23-12-9-13-25(18-23)38(3,35)36/h4-19,21H,20H2,1-3H3/t21-/m0/s1. The molecule has 0 saturated heterocycles. The van der Waals surface area contributed by atoms with E-state index in [1.807, 2.05) is 47.1 Å². The molecule has 2 aromatic heterocycles. The number of hydrogen-bond donors (Lipinski definition) is 0. The fourth-order valence-electron chi connectivity index (χ4n) is 4.38. The van der Waals surface area contributed by atoms with Gasteiger partial charge in [-0.1, -0.05) is 66.2 Å². The molecule has 0 aliphatic carbocycles. The van der Waals surface area contributed by atoms with Gasteiger partial charge in [-0.15, -0.1) is 11.3 Å². The first-order valence-electron chi connectivity index (χ1n) is 12.2. The van der Waals surface area contributed by atoms with Crippen molar-refractivity contribution < 1.29 is 8.42 Å². The summed E-state index contributed by atoms with van der Waals surface area (Å²) in [5.74, 6) is 0. The van der Waals surface area contributed by atoms with Crippen molar-refractivity contribution >= 4 is 32.8 Å². The van der Waals surface area contributed by atoms with Crippen molar-refractivity contribution in [2.75, 3.05) is 13.3 Å². The largest absolute Gasteiger partial charge is 0.294 e. The molecule has 0 saturated carbocycles. The number of benzene rings is 3. The van der Waals surface area contributed by atoms with Gasteiger partial charge in [-0.05, 0) is 67.6 Å². The Morgan fingerprint density at radius 2 is 1.63 bits per heavy atom. The van der Waals surface area contributed by atoms with Crippen molar-refractivity contribution in [3.05, 3.63) is 113 Å². The predicted octanol–water partition coefficient (Wildman–Crippen LogP) is 7.52. The number of rotatable bonds is 8. The number of para-hydroxylation sites is 1. The molecular formula is C30H28ClN3O2S2. The third-order valence-corrected chi connectivity index (χ3v) is 9.19. The SMILES string of the molecule is C[C@@H](c1ccccc1)N(C)Cc1cc(-c2ccc(-c3cccc(S(C)(=O)=O)c3)s2)n(-c2ccccc2Cl)n1. The number of hydrogen-bond acceptors (Lipinski definition) is 5. The van der Waals surface area contributed by atoms with Crippen LogP contribution in [0.25, 0.3) is 26.7 Å². The van der Waals surface area contributed by atoms with E-state index in [1.54, 1.807) is 29.5 Å². The van der Waals surface area contributed by atoms with Crippen molar-refractivity contribution in [1.82, 2.24) is 14.7 Å². The molecule has 0 radical (unpaired) electrons. The van der Waals surface area contributed by atoms with E-state index in [-0.39, 0.29) is 6.04 Å². The number of nitrogens with zero attached hydrogens (tertiary/aromatic N) is 3. The molecule has 5 aromatic rings. The van der Waals surface area contributed by atoms with Gasteiger partial charge in [0.1, 0.15) is 0 Å². The molecule has 5 rings (SSSR count). The summed E-state index contributed by atoms with van der Waals surface area (Å²) in [4.78, 5) is 4.58. The van der Waals surface area contributed by atoms with Crippen LogP contribution < -0.4 is 0 Å². The molecular weight excluding hydrogens is 534 g/mol. The summed E-state index contributed by atoms with van der Waals surface area (Å²) in [5.41, 5.74) is 4.79. The maximum Gasteiger partial charge on any atom is 0.175 e. The van der Waals surface area contributed by atoms with E-state index < -0.39 is 9.84 Å². The van der Waals surface area contributed by atoms with Crippen LogP contribution in [0.3, 0.4) is 0 Å². The molecule has 0 N–H and O–H groups in total. The third-order valence-electron chi connectivity index (χ3n) is 6.60. The second-order valence-corrected chi connectivity index (χ2v) is 12.9. The minimum Gasteiger partial charge on any atom is -0.294 e. The van der Waals surface area contributed by atoms with E-state index in [0.717, 1.165) is 32.4 Å². The van der Waals surface area contributed by atoms with Gasteiger partial charge in [0, 0.05) is 23.7 Å². The second kappa shape index (κ2) is 10.9. The highest BCUT2D eigenvalue weighted by Crippen LogP contribution is 2.37. The summed E-state index contributed by atoms with van der Waals surface area (Å²) < 4.78 is 26.1. The van der Waals surface area contributed by atoms with Gasteiger partial charge in [0.2, 0.25) is 0 Å². The maximum atomic E-state index is 12.1. The molecule has 5 nitrogen and oxygen atoms in total. The predicted molar refractivity (Wildman–Crippen MR) is 157 cm³/mol. The Kier molecular flexibility index (Phi) is 7.54. The minimum absolute atomic E-state index is 0.223. The Morgan fingerprint density at radius 1 is 0.921 bits per heavy atom. The van der Waals surface area contributed by atoms with Crippen molar-refractivity contribution in [2.24, 2.45) is 0 Å². The second-order valence-electron chi connectivity index (χ2n) is 9.35. The van der Waals surface area contributed by atoms with Crippen molar-refractivity contribution in [3.8, 4) is 26.7 Å². The van der Waals surface area contributed by atoms with Crippen molar-refractivity contribution in [3.63, 3.8) is 0 Å². The molecule has 0 amide bonds. The quantitative estimate of drug-likeness (QED) is 0.197. The smallest absolute Gasteiger partial charge is 0.175 e.